The summed E-state index contributed by atoms with van der Waals surface area (Å²) < 4.78 is 7.23. The van der Waals surface area contributed by atoms with Crippen molar-refractivity contribution in [1.82, 2.24) is 9.55 Å². The molecule has 3 heteroatoms. The molecule has 3 nitrogen and oxygen atoms in total. The Kier molecular flexibility index (Phi) is 2.79. The number of rotatable bonds is 4. The second kappa shape index (κ2) is 4.24. The Morgan fingerprint density at radius 2 is 2.36 bits per heavy atom. The Morgan fingerprint density at radius 3 is 3.21 bits per heavy atom. The average molecular weight is 190 g/mol. The predicted molar refractivity (Wildman–Crippen MR) is 56.2 cm³/mol. The number of ether oxygens (including phenoxy) is 1. The van der Waals surface area contributed by atoms with Crippen molar-refractivity contribution in [3.63, 3.8) is 0 Å². The van der Waals surface area contributed by atoms with Gasteiger partial charge in [0.25, 0.3) is 0 Å². The highest BCUT2D eigenvalue weighted by molar-refractivity contribution is 5.75. The van der Waals surface area contributed by atoms with Gasteiger partial charge in [0.1, 0.15) is 0 Å². The normalized spacial score (nSPS) is 10.9. The zero-order valence-corrected chi connectivity index (χ0v) is 8.31. The topological polar surface area (TPSA) is 27.1 Å². The number of pyridine rings is 1. The number of aromatic nitrogens is 2. The van der Waals surface area contributed by atoms with Gasteiger partial charge in [0, 0.05) is 32.7 Å². The van der Waals surface area contributed by atoms with Crippen LogP contribution in [0.1, 0.15) is 6.42 Å². The van der Waals surface area contributed by atoms with Crippen LogP contribution < -0.4 is 0 Å². The summed E-state index contributed by atoms with van der Waals surface area (Å²) in [6.45, 7) is 1.79. The maximum atomic E-state index is 5.02. The lowest BCUT2D eigenvalue weighted by atomic mass is 10.4. The van der Waals surface area contributed by atoms with Crippen LogP contribution in [0, 0.1) is 0 Å². The molecule has 0 bridgehead atoms. The van der Waals surface area contributed by atoms with E-state index in [4.69, 9.17) is 4.74 Å². The molecule has 0 radical (unpaired) electrons. The molecule has 0 unspecified atom stereocenters. The lowest BCUT2D eigenvalue weighted by Crippen LogP contribution is -1.99. The maximum absolute atomic E-state index is 5.02. The van der Waals surface area contributed by atoms with Gasteiger partial charge in [-0.1, -0.05) is 0 Å². The first-order valence-corrected chi connectivity index (χ1v) is 4.80. The quantitative estimate of drug-likeness (QED) is 0.690. The zero-order valence-electron chi connectivity index (χ0n) is 8.31. The van der Waals surface area contributed by atoms with Crippen molar-refractivity contribution in [2.75, 3.05) is 13.7 Å². The molecule has 0 aliphatic carbocycles. The number of hydrogen-bond donors (Lipinski definition) is 0. The molecule has 2 aromatic rings. The molecule has 2 heterocycles. The van der Waals surface area contributed by atoms with E-state index in [9.17, 15) is 0 Å². The smallest absolute Gasteiger partial charge is 0.0880 e. The number of fused-ring (bicyclic) bond motifs is 1. The standard InChI is InChI=1S/C11H14N2O/c1-14-9-3-7-13-8-5-10-11(13)4-2-6-12-10/h2,4-6,8H,3,7,9H2,1H3. The molecule has 14 heavy (non-hydrogen) atoms. The van der Waals surface area contributed by atoms with Crippen LogP contribution in [0.2, 0.25) is 0 Å². The van der Waals surface area contributed by atoms with Gasteiger partial charge in [0.15, 0.2) is 0 Å². The van der Waals surface area contributed by atoms with Crippen molar-refractivity contribution in [2.24, 2.45) is 0 Å². The fourth-order valence-corrected chi connectivity index (χ4v) is 1.60. The molecule has 0 spiro atoms. The summed E-state index contributed by atoms with van der Waals surface area (Å²) >= 11 is 0. The Labute approximate surface area is 83.3 Å². The van der Waals surface area contributed by atoms with Gasteiger partial charge in [-0.05, 0) is 24.6 Å². The van der Waals surface area contributed by atoms with Gasteiger partial charge in [-0.2, -0.15) is 0 Å². The second-order valence-corrected chi connectivity index (χ2v) is 3.26. The number of hydrogen-bond acceptors (Lipinski definition) is 2. The van der Waals surface area contributed by atoms with Crippen molar-refractivity contribution in [1.29, 1.82) is 0 Å². The number of nitrogens with zero attached hydrogens (tertiary/aromatic N) is 2. The van der Waals surface area contributed by atoms with E-state index in [-0.39, 0.29) is 0 Å². The summed E-state index contributed by atoms with van der Waals surface area (Å²) in [7, 11) is 1.73. The van der Waals surface area contributed by atoms with Gasteiger partial charge in [-0.3, -0.25) is 4.98 Å². The molecule has 0 aliphatic heterocycles. The minimum atomic E-state index is 0.805. The summed E-state index contributed by atoms with van der Waals surface area (Å²) in [6.07, 6.45) is 4.93. The highest BCUT2D eigenvalue weighted by Gasteiger charge is 1.99. The largest absolute Gasteiger partial charge is 0.385 e. The van der Waals surface area contributed by atoms with Crippen molar-refractivity contribution in [3.05, 3.63) is 30.6 Å². The van der Waals surface area contributed by atoms with Gasteiger partial charge >= 0.3 is 0 Å². The second-order valence-electron chi connectivity index (χ2n) is 3.26. The summed E-state index contributed by atoms with van der Waals surface area (Å²) in [5, 5.41) is 0. The highest BCUT2D eigenvalue weighted by Crippen LogP contribution is 2.12. The maximum Gasteiger partial charge on any atom is 0.0880 e. The third-order valence-electron chi connectivity index (χ3n) is 2.29. The molecule has 0 atom stereocenters. The highest BCUT2D eigenvalue weighted by atomic mass is 16.5. The van der Waals surface area contributed by atoms with E-state index < -0.39 is 0 Å². The van der Waals surface area contributed by atoms with E-state index in [0.717, 1.165) is 25.1 Å². The molecule has 0 saturated heterocycles. The first kappa shape index (κ1) is 9.21. The first-order chi connectivity index (χ1) is 6.92. The van der Waals surface area contributed by atoms with Crippen LogP contribution in [0.4, 0.5) is 0 Å². The summed E-state index contributed by atoms with van der Waals surface area (Å²) in [6, 6.07) is 6.10. The average Bonchev–Trinajstić information content (AvgIpc) is 2.63. The lowest BCUT2D eigenvalue weighted by molar-refractivity contribution is 0.190. The van der Waals surface area contributed by atoms with Crippen LogP contribution in [-0.4, -0.2) is 23.3 Å². The van der Waals surface area contributed by atoms with Crippen LogP contribution >= 0.6 is 0 Å². The van der Waals surface area contributed by atoms with E-state index in [1.165, 1.54) is 5.52 Å². The lowest BCUT2D eigenvalue weighted by Gasteiger charge is -2.03. The predicted octanol–water partition coefficient (Wildman–Crippen LogP) is 2.07. The van der Waals surface area contributed by atoms with Gasteiger partial charge < -0.3 is 9.30 Å². The fraction of sp³-hybridized carbons (Fsp3) is 0.364. The van der Waals surface area contributed by atoms with Gasteiger partial charge in [0.05, 0.1) is 11.0 Å². The molecule has 0 aliphatic rings. The molecule has 2 aromatic heterocycles. The number of aryl methyl sites for hydroxylation is 1. The molecule has 0 saturated carbocycles. The Morgan fingerprint density at radius 1 is 1.43 bits per heavy atom. The van der Waals surface area contributed by atoms with Crippen molar-refractivity contribution in [2.45, 2.75) is 13.0 Å². The molecule has 0 aromatic carbocycles. The van der Waals surface area contributed by atoms with Crippen LogP contribution in [-0.2, 0) is 11.3 Å². The SMILES string of the molecule is COCCCn1ccc2ncccc21. The molecular formula is C11H14N2O. The van der Waals surface area contributed by atoms with Gasteiger partial charge in [-0.25, -0.2) is 0 Å². The van der Waals surface area contributed by atoms with Crippen LogP contribution in [0.25, 0.3) is 11.0 Å². The van der Waals surface area contributed by atoms with Crippen molar-refractivity contribution in [3.8, 4) is 0 Å². The van der Waals surface area contributed by atoms with E-state index in [1.807, 2.05) is 18.3 Å². The van der Waals surface area contributed by atoms with Crippen LogP contribution in [0.5, 0.6) is 0 Å². The van der Waals surface area contributed by atoms with E-state index in [1.54, 1.807) is 7.11 Å². The minimum absolute atomic E-state index is 0.805. The van der Waals surface area contributed by atoms with Crippen LogP contribution in [0.15, 0.2) is 30.6 Å². The van der Waals surface area contributed by atoms with Crippen molar-refractivity contribution >= 4 is 11.0 Å². The first-order valence-electron chi connectivity index (χ1n) is 4.80. The third-order valence-corrected chi connectivity index (χ3v) is 2.29. The van der Waals surface area contributed by atoms with Crippen molar-refractivity contribution < 1.29 is 4.74 Å². The van der Waals surface area contributed by atoms with Gasteiger partial charge in [0.2, 0.25) is 0 Å². The molecule has 0 N–H and O–H groups in total. The Balaban J connectivity index is 2.17. The summed E-state index contributed by atoms with van der Waals surface area (Å²) in [5.41, 5.74) is 2.26. The molecule has 0 fully saturated rings. The molecule has 74 valence electrons. The third kappa shape index (κ3) is 1.77. The molecular weight excluding hydrogens is 176 g/mol. The van der Waals surface area contributed by atoms with E-state index in [0.29, 0.717) is 0 Å². The summed E-state index contributed by atoms with van der Waals surface area (Å²) in [4.78, 5) is 4.28. The minimum Gasteiger partial charge on any atom is -0.385 e. The number of methoxy groups -OCH3 is 1. The Bertz CT molecular complexity index is 408. The van der Waals surface area contributed by atoms with E-state index >= 15 is 0 Å². The Hall–Kier alpha value is -1.35. The van der Waals surface area contributed by atoms with E-state index in [2.05, 4.69) is 21.8 Å². The molecule has 0 amide bonds. The van der Waals surface area contributed by atoms with Gasteiger partial charge in [-0.15, -0.1) is 0 Å². The monoisotopic (exact) mass is 190 g/mol. The zero-order chi connectivity index (χ0) is 9.80. The fourth-order valence-electron chi connectivity index (χ4n) is 1.60. The van der Waals surface area contributed by atoms with Crippen LogP contribution in [0.3, 0.4) is 0 Å². The molecule has 2 rings (SSSR count). The summed E-state index contributed by atoms with van der Waals surface area (Å²) in [5.74, 6) is 0.